The lowest BCUT2D eigenvalue weighted by molar-refractivity contribution is -0.137. The lowest BCUT2D eigenvalue weighted by Gasteiger charge is -2.27. The topological polar surface area (TPSA) is 70.5 Å². The van der Waals surface area contributed by atoms with Gasteiger partial charge in [0.2, 0.25) is 0 Å². The van der Waals surface area contributed by atoms with Gasteiger partial charge in [0, 0.05) is 24.6 Å². The Labute approximate surface area is 155 Å². The summed E-state index contributed by atoms with van der Waals surface area (Å²) in [6.45, 7) is 0.465. The first kappa shape index (κ1) is 19.6. The summed E-state index contributed by atoms with van der Waals surface area (Å²) < 4.78 is 62.8. The molecule has 1 saturated heterocycles. The molecule has 1 fully saturated rings. The van der Waals surface area contributed by atoms with Crippen molar-refractivity contribution in [2.75, 3.05) is 24.3 Å². The molecule has 9 heteroatoms. The van der Waals surface area contributed by atoms with Gasteiger partial charge in [0.25, 0.3) is 0 Å². The highest BCUT2D eigenvalue weighted by molar-refractivity contribution is 7.90. The fourth-order valence-electron chi connectivity index (χ4n) is 3.24. The fraction of sp³-hybridized carbons (Fsp3) is 0.389. The third-order valence-corrected chi connectivity index (χ3v) is 5.78. The van der Waals surface area contributed by atoms with Crippen LogP contribution in [-0.4, -0.2) is 44.0 Å². The molecule has 0 aliphatic carbocycles. The summed E-state index contributed by atoms with van der Waals surface area (Å²) in [7, 11) is -3.41. The highest BCUT2D eigenvalue weighted by atomic mass is 32.2. The van der Waals surface area contributed by atoms with Crippen molar-refractivity contribution in [1.82, 2.24) is 4.98 Å². The van der Waals surface area contributed by atoms with E-state index in [1.807, 2.05) is 0 Å². The van der Waals surface area contributed by atoms with Crippen molar-refractivity contribution < 1.29 is 26.7 Å². The molecule has 0 spiro atoms. The van der Waals surface area contributed by atoms with Crippen LogP contribution < -0.4 is 4.90 Å². The number of aromatic nitrogens is 1. The van der Waals surface area contributed by atoms with E-state index in [-0.39, 0.29) is 23.1 Å². The molecule has 27 heavy (non-hydrogen) atoms. The van der Waals surface area contributed by atoms with E-state index in [0.717, 1.165) is 31.4 Å². The Hall–Kier alpha value is -2.13. The van der Waals surface area contributed by atoms with E-state index < -0.39 is 21.6 Å². The number of pyridine rings is 1. The molecule has 3 rings (SSSR count). The van der Waals surface area contributed by atoms with E-state index in [2.05, 4.69) is 4.98 Å². The fourth-order valence-corrected chi connectivity index (χ4v) is 3.87. The molecule has 0 saturated carbocycles. The highest BCUT2D eigenvalue weighted by Crippen LogP contribution is 2.38. The zero-order valence-electron chi connectivity index (χ0n) is 14.6. The molecule has 1 N–H and O–H groups in total. The summed E-state index contributed by atoms with van der Waals surface area (Å²) in [4.78, 5) is 5.94. The molecule has 1 aromatic carbocycles. The van der Waals surface area contributed by atoms with E-state index in [0.29, 0.717) is 17.9 Å². The third-order valence-electron chi connectivity index (χ3n) is 4.65. The monoisotopic (exact) mass is 400 g/mol. The van der Waals surface area contributed by atoms with E-state index >= 15 is 0 Å². The minimum absolute atomic E-state index is 0.0853. The van der Waals surface area contributed by atoms with Crippen LogP contribution in [0, 0.1) is 0 Å². The molecular formula is C18H19F3N2O3S. The maximum absolute atomic E-state index is 13.2. The zero-order valence-corrected chi connectivity index (χ0v) is 15.4. The Morgan fingerprint density at radius 1 is 1.26 bits per heavy atom. The molecule has 1 aromatic heterocycles. The van der Waals surface area contributed by atoms with Gasteiger partial charge in [0.15, 0.2) is 9.84 Å². The molecule has 146 valence electrons. The lowest BCUT2D eigenvalue weighted by Crippen LogP contribution is -2.33. The van der Waals surface area contributed by atoms with Crippen LogP contribution >= 0.6 is 0 Å². The minimum Gasteiger partial charge on any atom is -0.394 e. The lowest BCUT2D eigenvalue weighted by atomic mass is 10.0. The number of rotatable bonds is 4. The smallest absolute Gasteiger partial charge is 0.394 e. The van der Waals surface area contributed by atoms with Gasteiger partial charge in [-0.2, -0.15) is 13.2 Å². The number of anilines is 1. The van der Waals surface area contributed by atoms with Crippen LogP contribution in [0.3, 0.4) is 0 Å². The zero-order chi connectivity index (χ0) is 19.8. The summed E-state index contributed by atoms with van der Waals surface area (Å²) >= 11 is 0. The van der Waals surface area contributed by atoms with Crippen molar-refractivity contribution in [3.63, 3.8) is 0 Å². The molecule has 0 amide bonds. The Bertz CT molecular complexity index is 928. The molecule has 1 aliphatic rings. The van der Waals surface area contributed by atoms with Crippen molar-refractivity contribution in [1.29, 1.82) is 0 Å². The maximum atomic E-state index is 13.2. The number of benzene rings is 1. The standard InChI is InChI=1S/C18H19F3N2O3S/c1-27(25,26)15-6-4-12(5-7-15)16-9-13(18(19,20)21)10-22-17(16)23-8-2-3-14(23)11-24/h4-7,9-10,14,24H,2-3,8,11H2,1H3/t14-/m0/s1. The van der Waals surface area contributed by atoms with Crippen LogP contribution in [0.5, 0.6) is 0 Å². The van der Waals surface area contributed by atoms with Crippen LogP contribution in [0.2, 0.25) is 0 Å². The molecule has 5 nitrogen and oxygen atoms in total. The Kier molecular flexibility index (Phi) is 5.18. The van der Waals surface area contributed by atoms with Crippen molar-refractivity contribution in [3.05, 3.63) is 42.1 Å². The summed E-state index contributed by atoms with van der Waals surface area (Å²) in [6.07, 6.45) is -1.16. The van der Waals surface area contributed by atoms with Crippen LogP contribution in [0.25, 0.3) is 11.1 Å². The van der Waals surface area contributed by atoms with Crippen LogP contribution in [0.4, 0.5) is 19.0 Å². The average Bonchev–Trinajstić information content (AvgIpc) is 3.08. The molecule has 0 radical (unpaired) electrons. The van der Waals surface area contributed by atoms with Gasteiger partial charge in [0.1, 0.15) is 5.82 Å². The first-order valence-corrected chi connectivity index (χ1v) is 10.3. The second kappa shape index (κ2) is 7.12. The Morgan fingerprint density at radius 3 is 2.48 bits per heavy atom. The first-order chi connectivity index (χ1) is 12.6. The number of nitrogens with zero attached hydrogens (tertiary/aromatic N) is 2. The van der Waals surface area contributed by atoms with Gasteiger partial charge in [-0.1, -0.05) is 12.1 Å². The predicted octanol–water partition coefficient (Wildman–Crippen LogP) is 3.13. The van der Waals surface area contributed by atoms with Gasteiger partial charge in [-0.15, -0.1) is 0 Å². The minimum atomic E-state index is -4.55. The van der Waals surface area contributed by atoms with Crippen LogP contribution in [0.15, 0.2) is 41.4 Å². The molecule has 0 bridgehead atoms. The SMILES string of the molecule is CS(=O)(=O)c1ccc(-c2cc(C(F)(F)F)cnc2N2CCC[C@H]2CO)cc1. The van der Waals surface area contributed by atoms with E-state index in [4.69, 9.17) is 0 Å². The third kappa shape index (κ3) is 4.08. The predicted molar refractivity (Wildman–Crippen MR) is 95.2 cm³/mol. The highest BCUT2D eigenvalue weighted by Gasteiger charge is 2.34. The quantitative estimate of drug-likeness (QED) is 0.854. The average molecular weight is 400 g/mol. The summed E-state index contributed by atoms with van der Waals surface area (Å²) in [6, 6.07) is 6.49. The molecule has 0 unspecified atom stereocenters. The summed E-state index contributed by atoms with van der Waals surface area (Å²) in [5, 5.41) is 9.55. The number of alkyl halides is 3. The van der Waals surface area contributed by atoms with Gasteiger partial charge in [-0.25, -0.2) is 13.4 Å². The normalized spacial score (nSPS) is 18.1. The summed E-state index contributed by atoms with van der Waals surface area (Å²) in [5.74, 6) is 0.353. The van der Waals surface area contributed by atoms with Crippen LogP contribution in [0.1, 0.15) is 18.4 Å². The second-order valence-electron chi connectivity index (χ2n) is 6.56. The number of aliphatic hydroxyl groups excluding tert-OH is 1. The first-order valence-electron chi connectivity index (χ1n) is 8.36. The maximum Gasteiger partial charge on any atom is 0.417 e. The molecule has 2 aromatic rings. The van der Waals surface area contributed by atoms with Crippen molar-refractivity contribution in [2.45, 2.75) is 30.0 Å². The van der Waals surface area contributed by atoms with Gasteiger partial charge in [-0.3, -0.25) is 0 Å². The van der Waals surface area contributed by atoms with Gasteiger partial charge >= 0.3 is 6.18 Å². The van der Waals surface area contributed by atoms with Crippen molar-refractivity contribution in [3.8, 4) is 11.1 Å². The number of hydrogen-bond acceptors (Lipinski definition) is 5. The van der Waals surface area contributed by atoms with Gasteiger partial charge in [0.05, 0.1) is 23.1 Å². The largest absolute Gasteiger partial charge is 0.417 e. The van der Waals surface area contributed by atoms with E-state index in [1.165, 1.54) is 24.3 Å². The van der Waals surface area contributed by atoms with E-state index in [1.54, 1.807) is 4.90 Å². The molecule has 1 atom stereocenters. The van der Waals surface area contributed by atoms with Gasteiger partial charge < -0.3 is 10.0 Å². The number of sulfone groups is 1. The summed E-state index contributed by atoms with van der Waals surface area (Å²) in [5.41, 5.74) is -0.196. The van der Waals surface area contributed by atoms with Crippen LogP contribution in [-0.2, 0) is 16.0 Å². The second-order valence-corrected chi connectivity index (χ2v) is 8.58. The number of aliphatic hydroxyl groups is 1. The Morgan fingerprint density at radius 2 is 1.93 bits per heavy atom. The number of hydrogen-bond donors (Lipinski definition) is 1. The van der Waals surface area contributed by atoms with Crippen molar-refractivity contribution in [2.24, 2.45) is 0 Å². The molecular weight excluding hydrogens is 381 g/mol. The molecule has 2 heterocycles. The van der Waals surface area contributed by atoms with Gasteiger partial charge in [-0.05, 0) is 36.6 Å². The van der Waals surface area contributed by atoms with Crippen molar-refractivity contribution >= 4 is 15.7 Å². The Balaban J connectivity index is 2.13. The molecule has 1 aliphatic heterocycles. The number of halogens is 3. The van der Waals surface area contributed by atoms with E-state index in [9.17, 15) is 26.7 Å².